The number of cyclic esters (lactones) is 1. The van der Waals surface area contributed by atoms with E-state index >= 15 is 0 Å². The fraction of sp³-hybridized carbons (Fsp3) is 0.889. The molecule has 0 aliphatic carbocycles. The Labute approximate surface area is 72.7 Å². The predicted molar refractivity (Wildman–Crippen MR) is 44.8 cm³/mol. The van der Waals surface area contributed by atoms with Crippen molar-refractivity contribution in [2.24, 2.45) is 0 Å². The van der Waals surface area contributed by atoms with Gasteiger partial charge in [-0.1, -0.05) is 0 Å². The molecule has 0 spiro atoms. The molecule has 12 heavy (non-hydrogen) atoms. The normalized spacial score (nSPS) is 34.5. The standard InChI is InChI=1S/C9H15NO2/c1-9(2)6-10-5-3-4-7(10)8(11)12-9/h7H,3-6H2,1-2H3. The van der Waals surface area contributed by atoms with Crippen LogP contribution in [0.25, 0.3) is 0 Å². The van der Waals surface area contributed by atoms with Gasteiger partial charge in [-0.25, -0.2) is 0 Å². The third kappa shape index (κ3) is 1.22. The summed E-state index contributed by atoms with van der Waals surface area (Å²) in [6, 6.07) is 0.0676. The van der Waals surface area contributed by atoms with Crippen LogP contribution in [0.3, 0.4) is 0 Å². The summed E-state index contributed by atoms with van der Waals surface area (Å²) in [5.74, 6) is -0.0243. The number of ether oxygens (including phenoxy) is 1. The molecule has 0 saturated carbocycles. The van der Waals surface area contributed by atoms with Crippen LogP contribution in [0.2, 0.25) is 0 Å². The molecule has 0 aromatic heterocycles. The van der Waals surface area contributed by atoms with Gasteiger partial charge in [-0.15, -0.1) is 0 Å². The molecular formula is C9H15NO2. The third-order valence-electron chi connectivity index (χ3n) is 2.60. The van der Waals surface area contributed by atoms with Crippen molar-refractivity contribution in [1.82, 2.24) is 4.90 Å². The molecule has 0 bridgehead atoms. The zero-order valence-electron chi connectivity index (χ0n) is 7.67. The first-order valence-electron chi connectivity index (χ1n) is 4.55. The van der Waals surface area contributed by atoms with Crippen molar-refractivity contribution in [2.45, 2.75) is 38.3 Å². The number of hydrogen-bond acceptors (Lipinski definition) is 3. The summed E-state index contributed by atoms with van der Waals surface area (Å²) >= 11 is 0. The lowest BCUT2D eigenvalue weighted by Gasteiger charge is -2.38. The van der Waals surface area contributed by atoms with Crippen LogP contribution < -0.4 is 0 Å². The van der Waals surface area contributed by atoms with E-state index in [0.29, 0.717) is 0 Å². The fourth-order valence-electron chi connectivity index (χ4n) is 2.14. The quantitative estimate of drug-likeness (QED) is 0.502. The average Bonchev–Trinajstić information content (AvgIpc) is 2.31. The molecule has 1 atom stereocenters. The molecule has 0 aromatic carbocycles. The van der Waals surface area contributed by atoms with Crippen LogP contribution in [-0.2, 0) is 9.53 Å². The minimum atomic E-state index is -0.280. The molecule has 1 unspecified atom stereocenters. The minimum Gasteiger partial charge on any atom is -0.457 e. The summed E-state index contributed by atoms with van der Waals surface area (Å²) in [6.45, 7) is 5.89. The minimum absolute atomic E-state index is 0.0243. The van der Waals surface area contributed by atoms with Crippen LogP contribution in [-0.4, -0.2) is 35.6 Å². The van der Waals surface area contributed by atoms with Gasteiger partial charge in [0.05, 0.1) is 0 Å². The molecule has 0 radical (unpaired) electrons. The summed E-state index contributed by atoms with van der Waals surface area (Å²) in [4.78, 5) is 13.7. The third-order valence-corrected chi connectivity index (χ3v) is 2.60. The Morgan fingerprint density at radius 3 is 3.08 bits per heavy atom. The van der Waals surface area contributed by atoms with Gasteiger partial charge in [0, 0.05) is 6.54 Å². The molecule has 2 saturated heterocycles. The lowest BCUT2D eigenvalue weighted by atomic mass is 10.1. The number of rotatable bonds is 0. The van der Waals surface area contributed by atoms with Gasteiger partial charge in [-0.3, -0.25) is 9.69 Å². The molecule has 0 N–H and O–H groups in total. The van der Waals surface area contributed by atoms with Crippen molar-refractivity contribution in [1.29, 1.82) is 0 Å². The van der Waals surface area contributed by atoms with Crippen LogP contribution in [0.1, 0.15) is 26.7 Å². The molecule has 2 aliphatic heterocycles. The van der Waals surface area contributed by atoms with Gasteiger partial charge < -0.3 is 4.74 Å². The van der Waals surface area contributed by atoms with Gasteiger partial charge in [-0.05, 0) is 33.2 Å². The average molecular weight is 169 g/mol. The highest BCUT2D eigenvalue weighted by Gasteiger charge is 2.42. The van der Waals surface area contributed by atoms with Gasteiger partial charge in [0.15, 0.2) is 0 Å². The number of fused-ring (bicyclic) bond motifs is 1. The van der Waals surface area contributed by atoms with E-state index in [1.807, 2.05) is 13.8 Å². The van der Waals surface area contributed by atoms with Gasteiger partial charge >= 0.3 is 5.97 Å². The molecule has 2 fully saturated rings. The first kappa shape index (κ1) is 8.05. The number of esters is 1. The van der Waals surface area contributed by atoms with Crippen molar-refractivity contribution >= 4 is 5.97 Å². The zero-order valence-corrected chi connectivity index (χ0v) is 7.67. The first-order chi connectivity index (χ1) is 5.58. The Morgan fingerprint density at radius 1 is 1.58 bits per heavy atom. The zero-order chi connectivity index (χ0) is 8.77. The number of carbonyl (C=O) groups is 1. The van der Waals surface area contributed by atoms with Crippen LogP contribution in [0.4, 0.5) is 0 Å². The topological polar surface area (TPSA) is 29.5 Å². The van der Waals surface area contributed by atoms with Crippen LogP contribution in [0, 0.1) is 0 Å². The van der Waals surface area contributed by atoms with Crippen molar-refractivity contribution in [3.05, 3.63) is 0 Å². The second-order valence-corrected chi connectivity index (χ2v) is 4.31. The van der Waals surface area contributed by atoms with E-state index in [-0.39, 0.29) is 17.6 Å². The Balaban J connectivity index is 2.15. The summed E-state index contributed by atoms with van der Waals surface area (Å²) in [5, 5.41) is 0. The van der Waals surface area contributed by atoms with E-state index < -0.39 is 0 Å². The summed E-state index contributed by atoms with van der Waals surface area (Å²) < 4.78 is 5.31. The van der Waals surface area contributed by atoms with Crippen LogP contribution >= 0.6 is 0 Å². The van der Waals surface area contributed by atoms with Gasteiger partial charge in [0.2, 0.25) is 0 Å². The van der Waals surface area contributed by atoms with E-state index in [2.05, 4.69) is 4.90 Å². The molecule has 0 aromatic rings. The van der Waals surface area contributed by atoms with Crippen molar-refractivity contribution in [3.8, 4) is 0 Å². The van der Waals surface area contributed by atoms with Gasteiger partial charge in [0.1, 0.15) is 11.6 Å². The Bertz CT molecular complexity index is 213. The van der Waals surface area contributed by atoms with Crippen LogP contribution in [0.15, 0.2) is 0 Å². The van der Waals surface area contributed by atoms with Crippen molar-refractivity contribution < 1.29 is 9.53 Å². The Kier molecular flexibility index (Phi) is 1.65. The maximum absolute atomic E-state index is 11.4. The molecule has 3 nitrogen and oxygen atoms in total. The van der Waals surface area contributed by atoms with Crippen molar-refractivity contribution in [3.63, 3.8) is 0 Å². The molecule has 2 aliphatic rings. The van der Waals surface area contributed by atoms with E-state index in [4.69, 9.17) is 4.74 Å². The summed E-state index contributed by atoms with van der Waals surface area (Å²) in [5.41, 5.74) is -0.280. The van der Waals surface area contributed by atoms with E-state index in [1.165, 1.54) is 0 Å². The second-order valence-electron chi connectivity index (χ2n) is 4.31. The highest BCUT2D eigenvalue weighted by atomic mass is 16.6. The Hall–Kier alpha value is -0.570. The molecule has 2 rings (SSSR count). The Morgan fingerprint density at radius 2 is 2.33 bits per heavy atom. The van der Waals surface area contributed by atoms with Gasteiger partial charge in [-0.2, -0.15) is 0 Å². The summed E-state index contributed by atoms with van der Waals surface area (Å²) in [7, 11) is 0. The second kappa shape index (κ2) is 2.46. The SMILES string of the molecule is CC1(C)CN2CCCC2C(=O)O1. The number of hydrogen-bond donors (Lipinski definition) is 0. The molecular weight excluding hydrogens is 154 g/mol. The van der Waals surface area contributed by atoms with E-state index in [1.54, 1.807) is 0 Å². The molecule has 68 valence electrons. The fourth-order valence-corrected chi connectivity index (χ4v) is 2.14. The van der Waals surface area contributed by atoms with Crippen LogP contribution in [0.5, 0.6) is 0 Å². The highest BCUT2D eigenvalue weighted by molar-refractivity contribution is 5.77. The van der Waals surface area contributed by atoms with E-state index in [9.17, 15) is 4.79 Å². The van der Waals surface area contributed by atoms with Gasteiger partial charge in [0.25, 0.3) is 0 Å². The lowest BCUT2D eigenvalue weighted by molar-refractivity contribution is -0.174. The maximum Gasteiger partial charge on any atom is 0.323 e. The van der Waals surface area contributed by atoms with Crippen molar-refractivity contribution in [2.75, 3.05) is 13.1 Å². The number of nitrogens with zero attached hydrogens (tertiary/aromatic N) is 1. The van der Waals surface area contributed by atoms with E-state index in [0.717, 1.165) is 25.9 Å². The summed E-state index contributed by atoms with van der Waals surface area (Å²) in [6.07, 6.45) is 2.12. The smallest absolute Gasteiger partial charge is 0.323 e. The molecule has 3 heteroatoms. The largest absolute Gasteiger partial charge is 0.457 e. The molecule has 2 heterocycles. The molecule has 0 amide bonds. The predicted octanol–water partition coefficient (Wildman–Crippen LogP) is 0.786. The monoisotopic (exact) mass is 169 g/mol. The number of carbonyl (C=O) groups excluding carboxylic acids is 1. The maximum atomic E-state index is 11.4. The lowest BCUT2D eigenvalue weighted by Crippen LogP contribution is -2.54. The highest BCUT2D eigenvalue weighted by Crippen LogP contribution is 2.28. The first-order valence-corrected chi connectivity index (χ1v) is 4.55. The number of morpholine rings is 1.